The van der Waals surface area contributed by atoms with E-state index in [-0.39, 0.29) is 5.97 Å². The minimum Gasteiger partial charge on any atom is -0.496 e. The van der Waals surface area contributed by atoms with E-state index >= 15 is 0 Å². The lowest BCUT2D eigenvalue weighted by Gasteiger charge is -2.22. The second kappa shape index (κ2) is 6.16. The van der Waals surface area contributed by atoms with Gasteiger partial charge >= 0.3 is 5.97 Å². The van der Waals surface area contributed by atoms with E-state index in [4.69, 9.17) is 14.2 Å². The molecule has 1 heterocycles. The summed E-state index contributed by atoms with van der Waals surface area (Å²) < 4.78 is 16.0. The zero-order chi connectivity index (χ0) is 16.4. The van der Waals surface area contributed by atoms with Crippen LogP contribution in [-0.2, 0) is 4.74 Å². The monoisotopic (exact) mass is 310 g/mol. The molecule has 2 aromatic carbocycles. The van der Waals surface area contributed by atoms with Crippen LogP contribution < -0.4 is 9.47 Å². The number of hydrogen-bond donors (Lipinski definition) is 0. The molecule has 118 valence electrons. The van der Waals surface area contributed by atoms with Crippen LogP contribution in [0.4, 0.5) is 0 Å². The number of hydrogen-bond acceptors (Lipinski definition) is 4. The molecular weight excluding hydrogens is 292 g/mol. The molecule has 1 aliphatic rings. The fraction of sp³-hybridized carbons (Fsp3) is 0.211. The first-order valence-corrected chi connectivity index (χ1v) is 7.35. The first kappa shape index (κ1) is 15.2. The van der Waals surface area contributed by atoms with Gasteiger partial charge in [-0.25, -0.2) is 4.79 Å². The Hall–Kier alpha value is -2.75. The predicted octanol–water partition coefficient (Wildman–Crippen LogP) is 3.61. The Labute approximate surface area is 135 Å². The summed E-state index contributed by atoms with van der Waals surface area (Å²) in [5, 5.41) is 0. The predicted molar refractivity (Wildman–Crippen MR) is 88.1 cm³/mol. The van der Waals surface area contributed by atoms with Crippen molar-refractivity contribution in [2.24, 2.45) is 0 Å². The van der Waals surface area contributed by atoms with Gasteiger partial charge in [0, 0.05) is 11.1 Å². The number of esters is 1. The van der Waals surface area contributed by atoms with Crippen LogP contribution in [0.5, 0.6) is 11.5 Å². The van der Waals surface area contributed by atoms with Crippen LogP contribution >= 0.6 is 0 Å². The minimum atomic E-state index is -0.366. The van der Waals surface area contributed by atoms with Crippen LogP contribution in [0.1, 0.15) is 27.0 Å². The molecule has 0 bridgehead atoms. The van der Waals surface area contributed by atoms with E-state index in [9.17, 15) is 4.79 Å². The summed E-state index contributed by atoms with van der Waals surface area (Å²) >= 11 is 0. The van der Waals surface area contributed by atoms with E-state index < -0.39 is 0 Å². The lowest BCUT2D eigenvalue weighted by molar-refractivity contribution is 0.0600. The number of ether oxygens (including phenoxy) is 3. The van der Waals surface area contributed by atoms with E-state index in [1.807, 2.05) is 31.2 Å². The van der Waals surface area contributed by atoms with Crippen molar-refractivity contribution in [3.05, 3.63) is 64.7 Å². The zero-order valence-electron chi connectivity index (χ0n) is 13.4. The Balaban J connectivity index is 2.18. The Morgan fingerprint density at radius 3 is 2.74 bits per heavy atom. The van der Waals surface area contributed by atoms with E-state index in [1.165, 1.54) is 7.11 Å². The molecule has 0 amide bonds. The number of benzene rings is 2. The topological polar surface area (TPSA) is 44.8 Å². The van der Waals surface area contributed by atoms with Gasteiger partial charge in [-0.2, -0.15) is 0 Å². The maximum Gasteiger partial charge on any atom is 0.337 e. The molecule has 1 aliphatic heterocycles. The highest BCUT2D eigenvalue weighted by atomic mass is 16.5. The molecule has 4 heteroatoms. The average Bonchev–Trinajstić information content (AvgIpc) is 2.60. The summed E-state index contributed by atoms with van der Waals surface area (Å²) in [6, 6.07) is 11.3. The van der Waals surface area contributed by atoms with Crippen LogP contribution in [-0.4, -0.2) is 26.8 Å². The largest absolute Gasteiger partial charge is 0.496 e. The summed E-state index contributed by atoms with van der Waals surface area (Å²) in [6.45, 7) is 2.52. The molecule has 2 aromatic rings. The highest BCUT2D eigenvalue weighted by molar-refractivity contribution is 5.94. The Bertz CT molecular complexity index is 790. The summed E-state index contributed by atoms with van der Waals surface area (Å²) in [5.74, 6) is 1.18. The number of carbonyl (C=O) groups excluding carboxylic acids is 1. The SMILES string of the molecule is COC(=O)c1ccc2c(c1)C(c1c(C)cccc1OC)=CCO2. The summed E-state index contributed by atoms with van der Waals surface area (Å²) in [4.78, 5) is 11.8. The van der Waals surface area contributed by atoms with Crippen molar-refractivity contribution in [1.82, 2.24) is 0 Å². The Kier molecular flexibility index (Phi) is 4.06. The smallest absolute Gasteiger partial charge is 0.337 e. The van der Waals surface area contributed by atoms with Crippen molar-refractivity contribution in [3.63, 3.8) is 0 Å². The summed E-state index contributed by atoms with van der Waals surface area (Å²) in [7, 11) is 3.03. The number of rotatable bonds is 3. The van der Waals surface area contributed by atoms with Gasteiger partial charge in [0.1, 0.15) is 18.1 Å². The third-order valence-electron chi connectivity index (χ3n) is 3.94. The van der Waals surface area contributed by atoms with Gasteiger partial charge in [-0.3, -0.25) is 0 Å². The number of methoxy groups -OCH3 is 2. The Morgan fingerprint density at radius 2 is 2.00 bits per heavy atom. The van der Waals surface area contributed by atoms with Crippen molar-refractivity contribution >= 4 is 11.5 Å². The molecule has 0 atom stereocenters. The van der Waals surface area contributed by atoms with Crippen LogP contribution in [0.15, 0.2) is 42.5 Å². The van der Waals surface area contributed by atoms with E-state index in [0.717, 1.165) is 33.8 Å². The molecule has 0 N–H and O–H groups in total. The van der Waals surface area contributed by atoms with E-state index in [0.29, 0.717) is 12.2 Å². The minimum absolute atomic E-state index is 0.366. The second-order valence-electron chi connectivity index (χ2n) is 5.28. The van der Waals surface area contributed by atoms with Crippen LogP contribution in [0, 0.1) is 6.92 Å². The van der Waals surface area contributed by atoms with Gasteiger partial charge in [-0.15, -0.1) is 0 Å². The number of carbonyl (C=O) groups is 1. The van der Waals surface area contributed by atoms with Gasteiger partial charge in [-0.05, 0) is 48.4 Å². The van der Waals surface area contributed by atoms with Crippen molar-refractivity contribution in [2.45, 2.75) is 6.92 Å². The number of aryl methyl sites for hydroxylation is 1. The number of fused-ring (bicyclic) bond motifs is 1. The molecule has 0 radical (unpaired) electrons. The van der Waals surface area contributed by atoms with Crippen molar-refractivity contribution < 1.29 is 19.0 Å². The summed E-state index contributed by atoms with van der Waals surface area (Å²) in [5.41, 5.74) is 4.49. The highest BCUT2D eigenvalue weighted by Gasteiger charge is 2.21. The van der Waals surface area contributed by atoms with Crippen LogP contribution in [0.2, 0.25) is 0 Å². The van der Waals surface area contributed by atoms with Gasteiger partial charge in [0.2, 0.25) is 0 Å². The van der Waals surface area contributed by atoms with Gasteiger partial charge in [0.15, 0.2) is 0 Å². The quantitative estimate of drug-likeness (QED) is 0.812. The van der Waals surface area contributed by atoms with Crippen LogP contribution in [0.3, 0.4) is 0 Å². The molecule has 0 aliphatic carbocycles. The zero-order valence-corrected chi connectivity index (χ0v) is 13.4. The third-order valence-corrected chi connectivity index (χ3v) is 3.94. The molecule has 3 rings (SSSR count). The maximum absolute atomic E-state index is 11.8. The standard InChI is InChI=1S/C19H18O4/c1-12-5-4-6-17(21-2)18(12)14-9-10-23-16-8-7-13(11-15(14)16)19(20)22-3/h4-9,11H,10H2,1-3H3. The summed E-state index contributed by atoms with van der Waals surface area (Å²) in [6.07, 6.45) is 2.01. The lowest BCUT2D eigenvalue weighted by Crippen LogP contribution is -2.09. The first-order valence-electron chi connectivity index (χ1n) is 7.35. The van der Waals surface area contributed by atoms with Crippen LogP contribution in [0.25, 0.3) is 5.57 Å². The van der Waals surface area contributed by atoms with Gasteiger partial charge < -0.3 is 14.2 Å². The normalized spacial score (nSPS) is 12.7. The van der Waals surface area contributed by atoms with E-state index in [1.54, 1.807) is 25.3 Å². The molecular formula is C19H18O4. The van der Waals surface area contributed by atoms with Gasteiger partial charge in [0.05, 0.1) is 19.8 Å². The van der Waals surface area contributed by atoms with Crippen molar-refractivity contribution in [2.75, 3.05) is 20.8 Å². The third kappa shape index (κ3) is 2.68. The Morgan fingerprint density at radius 1 is 1.17 bits per heavy atom. The lowest BCUT2D eigenvalue weighted by atomic mass is 9.90. The molecule has 0 saturated heterocycles. The van der Waals surface area contributed by atoms with Crippen molar-refractivity contribution in [3.8, 4) is 11.5 Å². The fourth-order valence-electron chi connectivity index (χ4n) is 2.83. The van der Waals surface area contributed by atoms with Crippen molar-refractivity contribution in [1.29, 1.82) is 0 Å². The molecule has 0 aromatic heterocycles. The molecule has 0 fully saturated rings. The molecule has 0 unspecified atom stereocenters. The molecule has 0 saturated carbocycles. The molecule has 4 nitrogen and oxygen atoms in total. The van der Waals surface area contributed by atoms with Gasteiger partial charge in [0.25, 0.3) is 0 Å². The highest BCUT2D eigenvalue weighted by Crippen LogP contribution is 2.40. The molecule has 23 heavy (non-hydrogen) atoms. The second-order valence-corrected chi connectivity index (χ2v) is 5.28. The average molecular weight is 310 g/mol. The molecule has 0 spiro atoms. The fourth-order valence-corrected chi connectivity index (χ4v) is 2.83. The maximum atomic E-state index is 11.8. The first-order chi connectivity index (χ1) is 11.2. The van der Waals surface area contributed by atoms with Gasteiger partial charge in [-0.1, -0.05) is 12.1 Å². The van der Waals surface area contributed by atoms with E-state index in [2.05, 4.69) is 0 Å².